The molecule has 0 unspecified atom stereocenters. The van der Waals surface area contributed by atoms with Gasteiger partial charge < -0.3 is 10.4 Å². The number of benzene rings is 1. The monoisotopic (exact) mass is 279 g/mol. The molecule has 0 radical (unpaired) electrons. The van der Waals surface area contributed by atoms with Gasteiger partial charge in [-0.15, -0.1) is 11.8 Å². The summed E-state index contributed by atoms with van der Waals surface area (Å²) in [4.78, 5) is 22.7. The normalized spacial score (nSPS) is 22.9. The Hall–Kier alpha value is -1.49. The Morgan fingerprint density at radius 2 is 2.16 bits per heavy atom. The van der Waals surface area contributed by atoms with Gasteiger partial charge in [0.05, 0.1) is 5.25 Å². The molecule has 1 aromatic rings. The number of nitrogens with one attached hydrogen (secondary N) is 1. The molecule has 4 nitrogen and oxygen atoms in total. The SMILES string of the molecule is Cc1ccc(C[C@H]2SC[C@H](C(=O)O)NC2=O)cc1C. The van der Waals surface area contributed by atoms with Gasteiger partial charge in [0, 0.05) is 5.75 Å². The van der Waals surface area contributed by atoms with Crippen LogP contribution in [0.4, 0.5) is 0 Å². The molecule has 0 bridgehead atoms. The minimum atomic E-state index is -0.967. The van der Waals surface area contributed by atoms with Gasteiger partial charge in [0.2, 0.25) is 5.91 Å². The fourth-order valence-electron chi connectivity index (χ4n) is 2.02. The van der Waals surface area contributed by atoms with Gasteiger partial charge in [0.25, 0.3) is 0 Å². The van der Waals surface area contributed by atoms with E-state index in [9.17, 15) is 9.59 Å². The summed E-state index contributed by atoms with van der Waals surface area (Å²) in [6, 6.07) is 5.41. The Morgan fingerprint density at radius 1 is 1.42 bits per heavy atom. The molecule has 0 saturated carbocycles. The summed E-state index contributed by atoms with van der Waals surface area (Å²) in [5.74, 6) is -0.719. The molecule has 1 aliphatic rings. The largest absolute Gasteiger partial charge is 0.480 e. The second-order valence-corrected chi connectivity index (χ2v) is 6.08. The number of carboxylic acids is 1. The van der Waals surface area contributed by atoms with E-state index in [2.05, 4.69) is 24.4 Å². The Morgan fingerprint density at radius 3 is 2.74 bits per heavy atom. The molecule has 1 heterocycles. The second kappa shape index (κ2) is 5.65. The summed E-state index contributed by atoms with van der Waals surface area (Å²) in [5.41, 5.74) is 3.56. The lowest BCUT2D eigenvalue weighted by molar-refractivity contribution is -0.141. The zero-order valence-corrected chi connectivity index (χ0v) is 11.8. The van der Waals surface area contributed by atoms with Gasteiger partial charge >= 0.3 is 5.97 Å². The Kier molecular flexibility index (Phi) is 4.14. The van der Waals surface area contributed by atoms with E-state index in [1.165, 1.54) is 22.9 Å². The quantitative estimate of drug-likeness (QED) is 0.880. The highest BCUT2D eigenvalue weighted by atomic mass is 32.2. The first kappa shape index (κ1) is 13.9. The third-order valence-corrected chi connectivity index (χ3v) is 4.67. The number of thioether (sulfide) groups is 1. The van der Waals surface area contributed by atoms with Crippen molar-refractivity contribution in [1.29, 1.82) is 0 Å². The van der Waals surface area contributed by atoms with Crippen molar-refractivity contribution < 1.29 is 14.7 Å². The van der Waals surface area contributed by atoms with Crippen LogP contribution in [0, 0.1) is 13.8 Å². The lowest BCUT2D eigenvalue weighted by Gasteiger charge is -2.26. The number of hydrogen-bond donors (Lipinski definition) is 2. The average molecular weight is 279 g/mol. The first-order valence-corrected chi connectivity index (χ1v) is 7.23. The van der Waals surface area contributed by atoms with Gasteiger partial charge in [-0.3, -0.25) is 4.79 Å². The minimum absolute atomic E-state index is 0.179. The fourth-order valence-corrected chi connectivity index (χ4v) is 3.20. The standard InChI is InChI=1S/C14H17NO3S/c1-8-3-4-10(5-9(8)2)6-12-13(16)15-11(7-19-12)14(17)18/h3-5,11-12H,6-7H2,1-2H3,(H,15,16)(H,17,18)/t11-,12-/m1/s1. The van der Waals surface area contributed by atoms with Crippen LogP contribution in [-0.2, 0) is 16.0 Å². The number of aliphatic carboxylic acids is 1. The van der Waals surface area contributed by atoms with Crippen molar-refractivity contribution in [3.63, 3.8) is 0 Å². The van der Waals surface area contributed by atoms with Crippen LogP contribution in [0.3, 0.4) is 0 Å². The Bertz CT molecular complexity index is 515. The van der Waals surface area contributed by atoms with Gasteiger partial charge in [-0.2, -0.15) is 0 Å². The molecule has 2 N–H and O–H groups in total. The number of carboxylic acid groups (broad SMARTS) is 1. The zero-order valence-electron chi connectivity index (χ0n) is 11.0. The minimum Gasteiger partial charge on any atom is -0.480 e. The molecule has 1 saturated heterocycles. The summed E-state index contributed by atoms with van der Waals surface area (Å²) < 4.78 is 0. The summed E-state index contributed by atoms with van der Waals surface area (Å²) in [6.07, 6.45) is 0.643. The maximum Gasteiger partial charge on any atom is 0.327 e. The van der Waals surface area contributed by atoms with Crippen LogP contribution in [0.5, 0.6) is 0 Å². The summed E-state index contributed by atoms with van der Waals surface area (Å²) in [6.45, 7) is 4.10. The maximum atomic E-state index is 11.9. The molecule has 19 heavy (non-hydrogen) atoms. The van der Waals surface area contributed by atoms with Crippen molar-refractivity contribution in [2.45, 2.75) is 31.6 Å². The molecule has 2 atom stereocenters. The summed E-state index contributed by atoms with van der Waals surface area (Å²) >= 11 is 1.42. The first-order valence-electron chi connectivity index (χ1n) is 6.18. The number of amides is 1. The van der Waals surface area contributed by atoms with E-state index in [0.29, 0.717) is 12.2 Å². The van der Waals surface area contributed by atoms with E-state index in [0.717, 1.165) is 5.56 Å². The summed E-state index contributed by atoms with van der Waals surface area (Å²) in [5, 5.41) is 11.2. The zero-order chi connectivity index (χ0) is 14.0. The summed E-state index contributed by atoms with van der Waals surface area (Å²) in [7, 11) is 0. The molecule has 5 heteroatoms. The Labute approximate surface area is 116 Å². The van der Waals surface area contributed by atoms with Crippen molar-refractivity contribution in [2.75, 3.05) is 5.75 Å². The van der Waals surface area contributed by atoms with Crippen molar-refractivity contribution in [3.05, 3.63) is 34.9 Å². The van der Waals surface area contributed by atoms with Gasteiger partial charge in [0.15, 0.2) is 0 Å². The smallest absolute Gasteiger partial charge is 0.327 e. The molecular weight excluding hydrogens is 262 g/mol. The molecule has 2 rings (SSSR count). The first-order chi connectivity index (χ1) is 8.97. The predicted octanol–water partition coefficient (Wildman–Crippen LogP) is 1.53. The molecule has 1 aromatic carbocycles. The molecule has 102 valence electrons. The van der Waals surface area contributed by atoms with Crippen LogP contribution >= 0.6 is 11.8 Å². The molecule has 0 aliphatic carbocycles. The molecule has 1 amide bonds. The van der Waals surface area contributed by atoms with Crippen LogP contribution in [0.1, 0.15) is 16.7 Å². The average Bonchev–Trinajstić information content (AvgIpc) is 2.36. The highest BCUT2D eigenvalue weighted by Gasteiger charge is 2.32. The topological polar surface area (TPSA) is 66.4 Å². The highest BCUT2D eigenvalue weighted by molar-refractivity contribution is 8.00. The molecular formula is C14H17NO3S. The fraction of sp³-hybridized carbons (Fsp3) is 0.429. The maximum absolute atomic E-state index is 11.9. The van der Waals surface area contributed by atoms with E-state index >= 15 is 0 Å². The number of rotatable bonds is 3. The number of aryl methyl sites for hydroxylation is 2. The second-order valence-electron chi connectivity index (χ2n) is 4.84. The van der Waals surface area contributed by atoms with Crippen molar-refractivity contribution in [2.24, 2.45) is 0 Å². The molecule has 1 aliphatic heterocycles. The Balaban J connectivity index is 2.02. The van der Waals surface area contributed by atoms with Crippen LogP contribution in [-0.4, -0.2) is 34.0 Å². The lowest BCUT2D eigenvalue weighted by atomic mass is 10.0. The van der Waals surface area contributed by atoms with Gasteiger partial charge in [-0.1, -0.05) is 18.2 Å². The number of carbonyl (C=O) groups excluding carboxylic acids is 1. The van der Waals surface area contributed by atoms with Gasteiger partial charge in [0.1, 0.15) is 6.04 Å². The van der Waals surface area contributed by atoms with Crippen LogP contribution < -0.4 is 5.32 Å². The van der Waals surface area contributed by atoms with Crippen LogP contribution in [0.15, 0.2) is 18.2 Å². The molecule has 0 aromatic heterocycles. The van der Waals surface area contributed by atoms with E-state index in [4.69, 9.17) is 5.11 Å². The third kappa shape index (κ3) is 3.29. The molecule has 0 spiro atoms. The number of carbonyl (C=O) groups is 2. The van der Waals surface area contributed by atoms with E-state index < -0.39 is 12.0 Å². The lowest BCUT2D eigenvalue weighted by Crippen LogP contribution is -2.51. The predicted molar refractivity (Wildman–Crippen MR) is 75.4 cm³/mol. The van der Waals surface area contributed by atoms with Crippen molar-refractivity contribution in [3.8, 4) is 0 Å². The van der Waals surface area contributed by atoms with Crippen LogP contribution in [0.25, 0.3) is 0 Å². The van der Waals surface area contributed by atoms with E-state index in [1.807, 2.05) is 13.0 Å². The van der Waals surface area contributed by atoms with E-state index in [1.54, 1.807) is 0 Å². The van der Waals surface area contributed by atoms with Gasteiger partial charge in [-0.25, -0.2) is 4.79 Å². The number of hydrogen-bond acceptors (Lipinski definition) is 3. The van der Waals surface area contributed by atoms with Gasteiger partial charge in [-0.05, 0) is 37.0 Å². The van der Waals surface area contributed by atoms with Crippen molar-refractivity contribution >= 4 is 23.6 Å². The van der Waals surface area contributed by atoms with Crippen molar-refractivity contribution in [1.82, 2.24) is 5.32 Å². The molecule has 1 fully saturated rings. The van der Waals surface area contributed by atoms with E-state index in [-0.39, 0.29) is 11.2 Å². The van der Waals surface area contributed by atoms with Crippen LogP contribution in [0.2, 0.25) is 0 Å². The highest BCUT2D eigenvalue weighted by Crippen LogP contribution is 2.23. The third-order valence-electron chi connectivity index (χ3n) is 3.36.